The summed E-state index contributed by atoms with van der Waals surface area (Å²) in [6.45, 7) is 9.32. The van der Waals surface area contributed by atoms with E-state index in [1.807, 2.05) is 24.4 Å². The van der Waals surface area contributed by atoms with E-state index in [2.05, 4.69) is 56.0 Å². The number of aromatic nitrogens is 2. The molecule has 0 aliphatic carbocycles. The average molecular weight is 299 g/mol. The summed E-state index contributed by atoms with van der Waals surface area (Å²) in [4.78, 5) is 9.03. The fourth-order valence-electron chi connectivity index (χ4n) is 2.82. The van der Waals surface area contributed by atoms with Crippen molar-refractivity contribution in [2.75, 3.05) is 0 Å². The van der Waals surface area contributed by atoms with E-state index in [9.17, 15) is 0 Å². The van der Waals surface area contributed by atoms with Gasteiger partial charge >= 0.3 is 0 Å². The van der Waals surface area contributed by atoms with Crippen molar-refractivity contribution in [2.24, 2.45) is 11.8 Å². The zero-order chi connectivity index (χ0) is 15.2. The molecule has 0 radical (unpaired) electrons. The van der Waals surface area contributed by atoms with Gasteiger partial charge in [-0.05, 0) is 35.2 Å². The predicted molar refractivity (Wildman–Crippen MR) is 93.5 cm³/mol. The molecule has 2 aromatic heterocycles. The van der Waals surface area contributed by atoms with Gasteiger partial charge in [0, 0.05) is 12.4 Å². The number of hydrogen-bond acceptors (Lipinski definition) is 2. The molecule has 0 fully saturated rings. The Morgan fingerprint density at radius 1 is 0.857 bits per heavy atom. The van der Waals surface area contributed by atoms with E-state index < -0.39 is 8.80 Å². The third-order valence-electron chi connectivity index (χ3n) is 3.70. The summed E-state index contributed by atoms with van der Waals surface area (Å²) < 4.78 is 0. The molecule has 2 aromatic rings. The highest BCUT2D eigenvalue weighted by atomic mass is 28.3. The molecule has 0 saturated carbocycles. The van der Waals surface area contributed by atoms with Crippen LogP contribution in [0.2, 0.25) is 12.1 Å². The molecule has 0 bridgehead atoms. The molecule has 2 rings (SSSR count). The molecule has 0 unspecified atom stereocenters. The maximum atomic E-state index is 4.66. The van der Waals surface area contributed by atoms with Gasteiger partial charge in [-0.15, -0.1) is 0 Å². The van der Waals surface area contributed by atoms with Crippen LogP contribution in [0.4, 0.5) is 0 Å². The van der Waals surface area contributed by atoms with Crippen molar-refractivity contribution >= 4 is 14.0 Å². The molecule has 2 heterocycles. The lowest BCUT2D eigenvalue weighted by molar-refractivity contribution is 0.694. The van der Waals surface area contributed by atoms with Crippen molar-refractivity contribution in [2.45, 2.75) is 39.8 Å². The van der Waals surface area contributed by atoms with E-state index in [4.69, 9.17) is 0 Å². The third kappa shape index (κ3) is 4.78. The van der Waals surface area contributed by atoms with Gasteiger partial charge in [-0.3, -0.25) is 9.97 Å². The molecule has 0 aliphatic heterocycles. The van der Waals surface area contributed by atoms with Crippen molar-refractivity contribution in [1.82, 2.24) is 9.97 Å². The first kappa shape index (κ1) is 15.9. The molecule has 0 atom stereocenters. The van der Waals surface area contributed by atoms with Gasteiger partial charge in [-0.1, -0.05) is 51.9 Å². The topological polar surface area (TPSA) is 25.8 Å². The summed E-state index contributed by atoms with van der Waals surface area (Å²) in [5.74, 6) is 1.55. The highest BCUT2D eigenvalue weighted by Gasteiger charge is 2.17. The minimum absolute atomic E-state index is 0.774. The molecular weight excluding hydrogens is 272 g/mol. The Hall–Kier alpha value is -1.48. The molecule has 21 heavy (non-hydrogen) atoms. The molecule has 0 aliphatic rings. The lowest BCUT2D eigenvalue weighted by Gasteiger charge is -2.20. The van der Waals surface area contributed by atoms with Crippen molar-refractivity contribution in [3.05, 3.63) is 42.7 Å². The molecule has 112 valence electrons. The van der Waals surface area contributed by atoms with E-state index in [1.54, 1.807) is 0 Å². The number of hydrogen-bond donors (Lipinski definition) is 0. The Kier molecular flexibility index (Phi) is 5.68. The first-order valence-electron chi connectivity index (χ1n) is 7.93. The Morgan fingerprint density at radius 2 is 1.52 bits per heavy atom. The summed E-state index contributed by atoms with van der Waals surface area (Å²) in [5, 5.41) is 1.50. The zero-order valence-corrected chi connectivity index (χ0v) is 14.7. The molecule has 0 aromatic carbocycles. The lowest BCUT2D eigenvalue weighted by atomic mass is 10.2. The van der Waals surface area contributed by atoms with Gasteiger partial charge in [0.2, 0.25) is 0 Å². The molecule has 0 spiro atoms. The molecular formula is C18H26N2Si. The summed E-state index contributed by atoms with van der Waals surface area (Å²) in [6.07, 6.45) is 3.92. The summed E-state index contributed by atoms with van der Waals surface area (Å²) in [5.41, 5.74) is 1.93. The summed E-state index contributed by atoms with van der Waals surface area (Å²) >= 11 is 0. The Bertz CT molecular complexity index is 525. The molecule has 0 amide bonds. The third-order valence-corrected chi connectivity index (χ3v) is 8.00. The van der Waals surface area contributed by atoms with Crippen molar-refractivity contribution in [3.63, 3.8) is 0 Å². The Morgan fingerprint density at radius 3 is 2.00 bits per heavy atom. The Balaban J connectivity index is 2.19. The Labute approximate surface area is 130 Å². The minimum Gasteiger partial charge on any atom is -0.255 e. The number of nitrogens with zero attached hydrogens (tertiary/aromatic N) is 2. The van der Waals surface area contributed by atoms with Gasteiger partial charge in [0.25, 0.3) is 0 Å². The molecule has 2 nitrogen and oxygen atoms in total. The minimum atomic E-state index is -0.905. The van der Waals surface area contributed by atoms with Gasteiger partial charge in [-0.25, -0.2) is 0 Å². The quantitative estimate of drug-likeness (QED) is 0.756. The van der Waals surface area contributed by atoms with Gasteiger partial charge in [0.1, 0.15) is 0 Å². The standard InChI is InChI=1S/C18H26N2Si/c1-14(2)12-21(13-15(3)4)16-8-9-18(20-11-16)17-7-5-6-10-19-17/h5-11,14-15,21H,12-13H2,1-4H3. The maximum absolute atomic E-state index is 4.66. The van der Waals surface area contributed by atoms with E-state index in [0.717, 1.165) is 23.2 Å². The van der Waals surface area contributed by atoms with Crippen molar-refractivity contribution in [3.8, 4) is 11.4 Å². The van der Waals surface area contributed by atoms with Crippen molar-refractivity contribution in [1.29, 1.82) is 0 Å². The van der Waals surface area contributed by atoms with Crippen LogP contribution in [0.5, 0.6) is 0 Å². The van der Waals surface area contributed by atoms with Crippen LogP contribution in [0.3, 0.4) is 0 Å². The van der Waals surface area contributed by atoms with Crippen LogP contribution in [-0.4, -0.2) is 18.8 Å². The van der Waals surface area contributed by atoms with Crippen LogP contribution in [-0.2, 0) is 0 Å². The second-order valence-corrected chi connectivity index (χ2v) is 9.65. The van der Waals surface area contributed by atoms with Crippen LogP contribution in [0.1, 0.15) is 27.7 Å². The largest absolute Gasteiger partial charge is 0.255 e. The van der Waals surface area contributed by atoms with Crippen LogP contribution >= 0.6 is 0 Å². The van der Waals surface area contributed by atoms with E-state index >= 15 is 0 Å². The van der Waals surface area contributed by atoms with Crippen LogP contribution in [0.15, 0.2) is 42.7 Å². The average Bonchev–Trinajstić information content (AvgIpc) is 2.47. The van der Waals surface area contributed by atoms with Gasteiger partial charge in [0.05, 0.1) is 20.2 Å². The normalized spacial score (nSPS) is 11.6. The monoisotopic (exact) mass is 298 g/mol. The highest BCUT2D eigenvalue weighted by Crippen LogP contribution is 2.16. The zero-order valence-electron chi connectivity index (χ0n) is 13.6. The van der Waals surface area contributed by atoms with Crippen LogP contribution < -0.4 is 5.19 Å². The molecule has 0 saturated heterocycles. The maximum Gasteiger partial charge on any atom is 0.0886 e. The fourth-order valence-corrected chi connectivity index (χ4v) is 6.49. The number of rotatable bonds is 6. The molecule has 3 heteroatoms. The molecule has 0 N–H and O–H groups in total. The number of pyridine rings is 2. The van der Waals surface area contributed by atoms with Gasteiger partial charge in [0.15, 0.2) is 0 Å². The fraction of sp³-hybridized carbons (Fsp3) is 0.444. The van der Waals surface area contributed by atoms with Gasteiger partial charge < -0.3 is 0 Å². The van der Waals surface area contributed by atoms with E-state index in [1.165, 1.54) is 17.3 Å². The first-order valence-corrected chi connectivity index (χ1v) is 10.1. The summed E-state index contributed by atoms with van der Waals surface area (Å²) in [6, 6.07) is 13.1. The summed E-state index contributed by atoms with van der Waals surface area (Å²) in [7, 11) is -0.905. The van der Waals surface area contributed by atoms with Crippen LogP contribution in [0.25, 0.3) is 11.4 Å². The second kappa shape index (κ2) is 7.50. The van der Waals surface area contributed by atoms with E-state index in [0.29, 0.717) is 0 Å². The van der Waals surface area contributed by atoms with Crippen molar-refractivity contribution < 1.29 is 0 Å². The SMILES string of the molecule is CC(C)C[SiH](CC(C)C)c1ccc(-c2ccccn2)nc1. The smallest absolute Gasteiger partial charge is 0.0886 e. The predicted octanol–water partition coefficient (Wildman–Crippen LogP) is 3.89. The highest BCUT2D eigenvalue weighted by molar-refractivity contribution is 6.73. The van der Waals surface area contributed by atoms with E-state index in [-0.39, 0.29) is 0 Å². The second-order valence-electron chi connectivity index (χ2n) is 6.65. The van der Waals surface area contributed by atoms with Crippen LogP contribution in [0, 0.1) is 11.8 Å². The first-order chi connectivity index (χ1) is 10.1. The lowest BCUT2D eigenvalue weighted by Crippen LogP contribution is -2.32. The van der Waals surface area contributed by atoms with Gasteiger partial charge in [-0.2, -0.15) is 0 Å².